The summed E-state index contributed by atoms with van der Waals surface area (Å²) in [6.07, 6.45) is 7.39. The third-order valence-corrected chi connectivity index (χ3v) is 6.19. The topological polar surface area (TPSA) is 54.4 Å². The van der Waals surface area contributed by atoms with E-state index in [-0.39, 0.29) is 5.78 Å². The maximum absolute atomic E-state index is 10.9. The minimum absolute atomic E-state index is 0.255. The molecule has 0 radical (unpaired) electrons. The van der Waals surface area contributed by atoms with Crippen LogP contribution in [0.4, 0.5) is 0 Å². The van der Waals surface area contributed by atoms with Gasteiger partial charge in [0.1, 0.15) is 5.78 Å². The molecule has 2 aromatic carbocycles. The average Bonchev–Trinajstić information content (AvgIpc) is 2.82. The summed E-state index contributed by atoms with van der Waals surface area (Å²) in [7, 11) is 0. The summed E-state index contributed by atoms with van der Waals surface area (Å²) in [5.74, 6) is 0.215. The molecule has 0 fully saturated rings. The number of carbonyl (C=O) groups is 2. The zero-order chi connectivity index (χ0) is 28.5. The lowest BCUT2D eigenvalue weighted by Crippen LogP contribution is -2.15. The van der Waals surface area contributed by atoms with Crippen LogP contribution in [0.15, 0.2) is 54.1 Å². The molecule has 0 heterocycles. The van der Waals surface area contributed by atoms with Crippen LogP contribution in [-0.2, 0) is 4.79 Å². The van der Waals surface area contributed by atoms with Crippen molar-refractivity contribution in [3.8, 4) is 0 Å². The van der Waals surface area contributed by atoms with Gasteiger partial charge in [0.25, 0.3) is 0 Å². The lowest BCUT2D eigenvalue weighted by Gasteiger charge is -2.25. The third-order valence-electron chi connectivity index (χ3n) is 6.19. The Balaban J connectivity index is 0. The molecule has 1 unspecified atom stereocenters. The molecule has 36 heavy (non-hydrogen) atoms. The van der Waals surface area contributed by atoms with Crippen molar-refractivity contribution in [1.29, 1.82) is 0 Å². The van der Waals surface area contributed by atoms with E-state index in [0.29, 0.717) is 17.4 Å². The number of benzene rings is 2. The fraction of sp³-hybridized carbons (Fsp3) is 0.515. The van der Waals surface area contributed by atoms with E-state index in [1.165, 1.54) is 24.0 Å². The van der Waals surface area contributed by atoms with Crippen LogP contribution in [0.25, 0.3) is 16.3 Å². The summed E-state index contributed by atoms with van der Waals surface area (Å²) < 4.78 is 0. The van der Waals surface area contributed by atoms with E-state index in [2.05, 4.69) is 80.5 Å². The first-order valence-corrected chi connectivity index (χ1v) is 13.2. The average molecular weight is 497 g/mol. The first kappa shape index (κ1) is 35.5. The van der Waals surface area contributed by atoms with Crippen LogP contribution in [0, 0.1) is 11.3 Å². The van der Waals surface area contributed by atoms with Crippen LogP contribution in [0.2, 0.25) is 0 Å². The van der Waals surface area contributed by atoms with Crippen molar-refractivity contribution in [3.05, 3.63) is 65.3 Å². The largest absolute Gasteiger partial charge is 0.478 e. The number of fused-ring (bicyclic) bond motifs is 1. The van der Waals surface area contributed by atoms with Gasteiger partial charge >= 0.3 is 5.97 Å². The summed E-state index contributed by atoms with van der Waals surface area (Å²) in [5.41, 5.74) is 4.60. The molecule has 0 spiro atoms. The van der Waals surface area contributed by atoms with E-state index in [0.717, 1.165) is 22.3 Å². The molecular formula is C33H52O3. The standard InChI is InChI=1S/C15H14O2.C8H18.C6H12.C4H8O/c1-3-10(2)13-6-4-5-11-9-12(15(16)17)7-8-14(11)13;1-6-7(2)8(3,4)5;1-4-5-6(2)3;1-3-4(2)5/h3-9H,1-2H3,(H,16,17);7H,6H2,1-5H3;5H,4H2,1-3H3;3H2,1-2H3/b10-3+;;;. The summed E-state index contributed by atoms with van der Waals surface area (Å²) in [6, 6.07) is 11.2. The Morgan fingerprint density at radius 1 is 0.972 bits per heavy atom. The summed E-state index contributed by atoms with van der Waals surface area (Å²) in [5, 5.41) is 11.0. The molecule has 3 nitrogen and oxygen atoms in total. The molecule has 2 aromatic rings. The van der Waals surface area contributed by atoms with Crippen molar-refractivity contribution in [3.63, 3.8) is 0 Å². The van der Waals surface area contributed by atoms with Crippen LogP contribution >= 0.6 is 0 Å². The molecule has 0 aliphatic rings. The van der Waals surface area contributed by atoms with E-state index in [4.69, 9.17) is 5.11 Å². The van der Waals surface area contributed by atoms with Gasteiger partial charge in [-0.1, -0.05) is 96.9 Å². The van der Waals surface area contributed by atoms with Gasteiger partial charge in [-0.3, -0.25) is 0 Å². The minimum Gasteiger partial charge on any atom is -0.478 e. The minimum atomic E-state index is -0.889. The van der Waals surface area contributed by atoms with Crippen LogP contribution in [0.1, 0.15) is 118 Å². The van der Waals surface area contributed by atoms with Crippen molar-refractivity contribution in [1.82, 2.24) is 0 Å². The van der Waals surface area contributed by atoms with Crippen LogP contribution in [0.5, 0.6) is 0 Å². The van der Waals surface area contributed by atoms with Crippen molar-refractivity contribution in [2.75, 3.05) is 0 Å². The number of hydrogen-bond acceptors (Lipinski definition) is 2. The molecule has 1 N–H and O–H groups in total. The summed E-state index contributed by atoms with van der Waals surface area (Å²) in [6.45, 7) is 25.3. The lowest BCUT2D eigenvalue weighted by molar-refractivity contribution is -0.116. The molecule has 0 aliphatic heterocycles. The van der Waals surface area contributed by atoms with Crippen molar-refractivity contribution < 1.29 is 14.7 Å². The van der Waals surface area contributed by atoms with Gasteiger partial charge in [-0.15, -0.1) is 0 Å². The number of ketones is 1. The Kier molecular flexibility index (Phi) is 18.3. The summed E-state index contributed by atoms with van der Waals surface area (Å²) >= 11 is 0. The molecule has 0 saturated carbocycles. The van der Waals surface area contributed by atoms with Crippen LogP contribution in [0.3, 0.4) is 0 Å². The molecule has 3 heteroatoms. The van der Waals surface area contributed by atoms with Crippen molar-refractivity contribution >= 4 is 28.1 Å². The van der Waals surface area contributed by atoms with Crippen LogP contribution in [-0.4, -0.2) is 16.9 Å². The van der Waals surface area contributed by atoms with Crippen LogP contribution < -0.4 is 0 Å². The Labute approximate surface area is 221 Å². The van der Waals surface area contributed by atoms with Gasteiger partial charge in [0.15, 0.2) is 0 Å². The normalized spacial score (nSPS) is 11.5. The number of hydrogen-bond donors (Lipinski definition) is 1. The smallest absolute Gasteiger partial charge is 0.335 e. The molecule has 202 valence electrons. The Morgan fingerprint density at radius 3 is 1.83 bits per heavy atom. The maximum Gasteiger partial charge on any atom is 0.335 e. The Morgan fingerprint density at radius 2 is 1.53 bits per heavy atom. The van der Waals surface area contributed by atoms with Gasteiger partial charge in [0.05, 0.1) is 5.56 Å². The third kappa shape index (κ3) is 15.3. The first-order valence-electron chi connectivity index (χ1n) is 13.2. The van der Waals surface area contributed by atoms with Gasteiger partial charge in [-0.05, 0) is 86.4 Å². The fourth-order valence-electron chi connectivity index (χ4n) is 2.94. The number of carboxylic acid groups (broad SMARTS) is 1. The Bertz CT molecular complexity index is 984. The molecular weight excluding hydrogens is 444 g/mol. The molecule has 0 saturated heterocycles. The van der Waals surface area contributed by atoms with E-state index in [9.17, 15) is 9.59 Å². The molecule has 0 aromatic heterocycles. The van der Waals surface area contributed by atoms with Gasteiger partial charge in [0, 0.05) is 6.42 Å². The Hall–Kier alpha value is -2.68. The lowest BCUT2D eigenvalue weighted by atomic mass is 9.81. The maximum atomic E-state index is 10.9. The monoisotopic (exact) mass is 496 g/mol. The predicted octanol–water partition coefficient (Wildman–Crippen LogP) is 10.4. The van der Waals surface area contributed by atoms with E-state index < -0.39 is 5.97 Å². The van der Waals surface area contributed by atoms with Gasteiger partial charge in [-0.25, -0.2) is 4.79 Å². The number of carbonyl (C=O) groups excluding carboxylic acids is 1. The number of aromatic carboxylic acids is 1. The molecule has 0 amide bonds. The summed E-state index contributed by atoms with van der Waals surface area (Å²) in [4.78, 5) is 20.7. The second-order valence-electron chi connectivity index (χ2n) is 10.4. The van der Waals surface area contributed by atoms with Crippen molar-refractivity contribution in [2.24, 2.45) is 11.3 Å². The molecule has 2 rings (SSSR count). The highest BCUT2D eigenvalue weighted by Crippen LogP contribution is 2.27. The highest BCUT2D eigenvalue weighted by Gasteiger charge is 2.17. The SMILES string of the molecule is C/C=C(\C)c1cccc2cc(C(=O)O)ccc12.CCC(C)=O.CCC(C)C(C)(C)C.CCC=C(C)C. The van der Waals surface area contributed by atoms with Gasteiger partial charge in [-0.2, -0.15) is 0 Å². The number of carboxylic acids is 1. The van der Waals surface area contributed by atoms with Gasteiger partial charge < -0.3 is 9.90 Å². The highest BCUT2D eigenvalue weighted by molar-refractivity contribution is 5.98. The van der Waals surface area contributed by atoms with Crippen molar-refractivity contribution in [2.45, 2.75) is 102 Å². The quantitative estimate of drug-likeness (QED) is 0.419. The van der Waals surface area contributed by atoms with E-state index in [1.54, 1.807) is 19.1 Å². The number of rotatable bonds is 5. The second-order valence-corrected chi connectivity index (χ2v) is 10.4. The first-order chi connectivity index (χ1) is 16.7. The van der Waals surface area contributed by atoms with E-state index in [1.807, 2.05) is 32.0 Å². The highest BCUT2D eigenvalue weighted by atomic mass is 16.4. The second kappa shape index (κ2) is 18.6. The number of Topliss-reactive ketones (excluding diaryl/α,β-unsaturated/α-hetero) is 1. The zero-order valence-electron chi connectivity index (χ0n) is 25.1. The zero-order valence-corrected chi connectivity index (χ0v) is 25.1. The molecule has 1 atom stereocenters. The number of allylic oxidation sites excluding steroid dienone is 4. The predicted molar refractivity (Wildman–Crippen MR) is 160 cm³/mol. The fourth-order valence-corrected chi connectivity index (χ4v) is 2.94. The molecule has 0 bridgehead atoms. The van der Waals surface area contributed by atoms with E-state index >= 15 is 0 Å². The molecule has 0 aliphatic carbocycles. The van der Waals surface area contributed by atoms with Gasteiger partial charge in [0.2, 0.25) is 0 Å².